The molecule has 0 rings (SSSR count). The zero-order valence-corrected chi connectivity index (χ0v) is 40.7. The van der Waals surface area contributed by atoms with Crippen molar-refractivity contribution in [2.45, 2.75) is 284 Å². The van der Waals surface area contributed by atoms with Gasteiger partial charge in [0.2, 0.25) is 0 Å². The van der Waals surface area contributed by atoms with E-state index in [4.69, 9.17) is 14.2 Å². The molecule has 356 valence electrons. The van der Waals surface area contributed by atoms with Gasteiger partial charge >= 0.3 is 17.9 Å². The normalized spacial score (nSPS) is 11.8. The molecule has 0 aliphatic heterocycles. The molecule has 0 spiro atoms. The Hall–Kier alpha value is -2.37. The second-order valence-electron chi connectivity index (χ2n) is 17.8. The second-order valence-corrected chi connectivity index (χ2v) is 17.8. The van der Waals surface area contributed by atoms with Crippen LogP contribution in [-0.4, -0.2) is 37.2 Å². The maximum atomic E-state index is 12.8. The highest BCUT2D eigenvalue weighted by molar-refractivity contribution is 5.71. The van der Waals surface area contributed by atoms with Crippen LogP contribution in [0, 0.1) is 0 Å². The fourth-order valence-electron chi connectivity index (χ4n) is 7.54. The van der Waals surface area contributed by atoms with Crippen LogP contribution in [0.3, 0.4) is 0 Å². The van der Waals surface area contributed by atoms with E-state index in [0.717, 1.165) is 70.6 Å². The molecular formula is C55H100O6. The topological polar surface area (TPSA) is 78.9 Å². The highest BCUT2D eigenvalue weighted by atomic mass is 16.6. The first kappa shape index (κ1) is 58.6. The summed E-state index contributed by atoms with van der Waals surface area (Å²) in [5, 5.41) is 0. The molecule has 0 aromatic rings. The lowest BCUT2D eigenvalue weighted by atomic mass is 10.1. The molecule has 0 bridgehead atoms. The third-order valence-electron chi connectivity index (χ3n) is 11.6. The standard InChI is InChI=1S/C55H100O6/c1-4-7-10-13-16-19-22-25-26-27-28-31-34-37-40-43-46-49-55(58)61-52(50-59-53(56)47-44-41-38-35-32-29-23-20-17-14-11-8-5-2)51-60-54(57)48-45-42-39-36-33-30-24-21-18-15-12-9-6-3/h20-21,23-26,52H,4-19,22,27-51H2,1-3H3/b23-20-,24-21-,26-25-. The zero-order chi connectivity index (χ0) is 44.4. The summed E-state index contributed by atoms with van der Waals surface area (Å²) in [5.74, 6) is -0.891. The fraction of sp³-hybridized carbons (Fsp3) is 0.836. The van der Waals surface area contributed by atoms with E-state index in [1.807, 2.05) is 0 Å². The second kappa shape index (κ2) is 50.3. The molecule has 0 radical (unpaired) electrons. The summed E-state index contributed by atoms with van der Waals surface area (Å²) in [6, 6.07) is 0. The lowest BCUT2D eigenvalue weighted by Gasteiger charge is -2.18. The maximum absolute atomic E-state index is 12.8. The molecule has 0 aliphatic rings. The molecule has 0 saturated carbocycles. The molecule has 0 saturated heterocycles. The first-order chi connectivity index (χ1) is 30.0. The molecule has 0 atom stereocenters. The van der Waals surface area contributed by atoms with Crippen molar-refractivity contribution in [1.29, 1.82) is 0 Å². The Balaban J connectivity index is 4.38. The van der Waals surface area contributed by atoms with Crippen LogP contribution >= 0.6 is 0 Å². The van der Waals surface area contributed by atoms with Crippen LogP contribution in [0.4, 0.5) is 0 Å². The Morgan fingerprint density at radius 2 is 0.541 bits per heavy atom. The monoisotopic (exact) mass is 857 g/mol. The molecule has 0 aromatic carbocycles. The minimum atomic E-state index is -0.778. The molecule has 0 unspecified atom stereocenters. The lowest BCUT2D eigenvalue weighted by molar-refractivity contribution is -0.167. The average Bonchev–Trinajstić information content (AvgIpc) is 3.26. The van der Waals surface area contributed by atoms with E-state index in [2.05, 4.69) is 57.2 Å². The smallest absolute Gasteiger partial charge is 0.306 e. The minimum Gasteiger partial charge on any atom is -0.462 e. The van der Waals surface area contributed by atoms with Crippen molar-refractivity contribution >= 4 is 17.9 Å². The van der Waals surface area contributed by atoms with Crippen LogP contribution in [0.15, 0.2) is 36.5 Å². The van der Waals surface area contributed by atoms with Crippen LogP contribution < -0.4 is 0 Å². The number of carbonyl (C=O) groups is 3. The molecule has 0 aromatic heterocycles. The maximum Gasteiger partial charge on any atom is 0.306 e. The van der Waals surface area contributed by atoms with Crippen LogP contribution in [-0.2, 0) is 28.6 Å². The Kier molecular flexibility index (Phi) is 48.3. The van der Waals surface area contributed by atoms with E-state index < -0.39 is 6.10 Å². The predicted octanol–water partition coefficient (Wildman–Crippen LogP) is 17.3. The summed E-state index contributed by atoms with van der Waals surface area (Å²) in [6.07, 6.45) is 58.4. The van der Waals surface area contributed by atoms with E-state index in [1.54, 1.807) is 0 Å². The lowest BCUT2D eigenvalue weighted by Crippen LogP contribution is -2.30. The SMILES string of the molecule is CCCCCC/C=C\CCCCCCCC(=O)OCC(COC(=O)CCCCCCC/C=C\CCCCCC)OC(=O)CCCCCCCCC/C=C\CCCCCCCC. The van der Waals surface area contributed by atoms with Crippen molar-refractivity contribution in [2.75, 3.05) is 13.2 Å². The van der Waals surface area contributed by atoms with Gasteiger partial charge in [0.25, 0.3) is 0 Å². The van der Waals surface area contributed by atoms with Crippen molar-refractivity contribution in [3.63, 3.8) is 0 Å². The molecule has 0 fully saturated rings. The Labute approximate surface area is 378 Å². The van der Waals surface area contributed by atoms with E-state index >= 15 is 0 Å². The van der Waals surface area contributed by atoms with Gasteiger partial charge in [0, 0.05) is 19.3 Å². The Bertz CT molecular complexity index is 979. The number of unbranched alkanes of at least 4 members (excludes halogenated alkanes) is 31. The summed E-state index contributed by atoms with van der Waals surface area (Å²) in [5.41, 5.74) is 0. The first-order valence-electron chi connectivity index (χ1n) is 26.5. The molecule has 6 nitrogen and oxygen atoms in total. The fourth-order valence-corrected chi connectivity index (χ4v) is 7.54. The van der Waals surface area contributed by atoms with Gasteiger partial charge in [-0.2, -0.15) is 0 Å². The van der Waals surface area contributed by atoms with Crippen LogP contribution in [0.5, 0.6) is 0 Å². The number of allylic oxidation sites excluding steroid dienone is 6. The number of hydrogen-bond acceptors (Lipinski definition) is 6. The summed E-state index contributed by atoms with van der Waals surface area (Å²) in [4.78, 5) is 38.0. The van der Waals surface area contributed by atoms with Crippen LogP contribution in [0.25, 0.3) is 0 Å². The van der Waals surface area contributed by atoms with Crippen molar-refractivity contribution in [3.8, 4) is 0 Å². The highest BCUT2D eigenvalue weighted by Crippen LogP contribution is 2.15. The van der Waals surface area contributed by atoms with Gasteiger partial charge in [-0.3, -0.25) is 14.4 Å². The predicted molar refractivity (Wildman–Crippen MR) is 261 cm³/mol. The molecule has 0 aliphatic carbocycles. The number of hydrogen-bond donors (Lipinski definition) is 0. The molecular weight excluding hydrogens is 757 g/mol. The summed E-state index contributed by atoms with van der Waals surface area (Å²) < 4.78 is 16.8. The van der Waals surface area contributed by atoms with Crippen molar-refractivity contribution in [2.24, 2.45) is 0 Å². The third-order valence-corrected chi connectivity index (χ3v) is 11.6. The zero-order valence-electron chi connectivity index (χ0n) is 40.7. The number of rotatable bonds is 48. The van der Waals surface area contributed by atoms with E-state index in [-0.39, 0.29) is 31.1 Å². The Morgan fingerprint density at radius 3 is 0.836 bits per heavy atom. The van der Waals surface area contributed by atoms with Crippen LogP contribution in [0.1, 0.15) is 278 Å². The molecule has 0 amide bonds. The van der Waals surface area contributed by atoms with E-state index in [1.165, 1.54) is 167 Å². The van der Waals surface area contributed by atoms with Crippen molar-refractivity contribution in [1.82, 2.24) is 0 Å². The van der Waals surface area contributed by atoms with Gasteiger partial charge in [0.15, 0.2) is 6.10 Å². The molecule has 6 heteroatoms. The summed E-state index contributed by atoms with van der Waals surface area (Å²) in [6.45, 7) is 6.60. The van der Waals surface area contributed by atoms with Gasteiger partial charge < -0.3 is 14.2 Å². The first-order valence-corrected chi connectivity index (χ1v) is 26.5. The number of esters is 3. The quantitative estimate of drug-likeness (QED) is 0.0262. The van der Waals surface area contributed by atoms with Gasteiger partial charge in [-0.1, -0.05) is 198 Å². The summed E-state index contributed by atoms with van der Waals surface area (Å²) >= 11 is 0. The molecule has 61 heavy (non-hydrogen) atoms. The van der Waals surface area contributed by atoms with Gasteiger partial charge in [-0.15, -0.1) is 0 Å². The average molecular weight is 857 g/mol. The number of carbonyl (C=O) groups excluding carboxylic acids is 3. The molecule has 0 N–H and O–H groups in total. The van der Waals surface area contributed by atoms with Gasteiger partial charge in [0.05, 0.1) is 0 Å². The van der Waals surface area contributed by atoms with Gasteiger partial charge in [-0.05, 0) is 96.3 Å². The van der Waals surface area contributed by atoms with E-state index in [0.29, 0.717) is 19.3 Å². The third kappa shape index (κ3) is 48.5. The number of ether oxygens (including phenoxy) is 3. The molecule has 0 heterocycles. The van der Waals surface area contributed by atoms with Gasteiger partial charge in [0.1, 0.15) is 13.2 Å². The largest absolute Gasteiger partial charge is 0.462 e. The van der Waals surface area contributed by atoms with Gasteiger partial charge in [-0.25, -0.2) is 0 Å². The van der Waals surface area contributed by atoms with Crippen molar-refractivity contribution < 1.29 is 28.6 Å². The highest BCUT2D eigenvalue weighted by Gasteiger charge is 2.19. The Morgan fingerprint density at radius 1 is 0.311 bits per heavy atom. The minimum absolute atomic E-state index is 0.0793. The van der Waals surface area contributed by atoms with Crippen LogP contribution in [0.2, 0.25) is 0 Å². The summed E-state index contributed by atoms with van der Waals surface area (Å²) in [7, 11) is 0. The van der Waals surface area contributed by atoms with Crippen molar-refractivity contribution in [3.05, 3.63) is 36.5 Å². The van der Waals surface area contributed by atoms with E-state index in [9.17, 15) is 14.4 Å².